The van der Waals surface area contributed by atoms with Crippen LogP contribution in [0.1, 0.15) is 23.2 Å². The number of likely N-dealkylation sites (tertiary alicyclic amines) is 1. The van der Waals surface area contributed by atoms with Crippen LogP contribution < -0.4 is 0 Å². The smallest absolute Gasteiger partial charge is 0.253 e. The normalized spacial score (nSPS) is 16.4. The molecule has 0 radical (unpaired) electrons. The molecule has 1 aromatic rings. The Labute approximate surface area is 124 Å². The van der Waals surface area contributed by atoms with Crippen LogP contribution in [0.5, 0.6) is 0 Å². The number of aliphatic hydroxyl groups is 1. The van der Waals surface area contributed by atoms with Crippen molar-refractivity contribution in [1.29, 1.82) is 0 Å². The fourth-order valence-electron chi connectivity index (χ4n) is 2.36. The number of carbonyl (C=O) groups excluding carboxylic acids is 1. The molecule has 1 N–H and O–H groups in total. The van der Waals surface area contributed by atoms with E-state index >= 15 is 0 Å². The number of thioether (sulfide) groups is 1. The molecule has 1 aliphatic rings. The Morgan fingerprint density at radius 1 is 1.35 bits per heavy atom. The monoisotopic (exact) mass is 295 g/mol. The number of rotatable bonds is 5. The highest BCUT2D eigenvalue weighted by molar-refractivity contribution is 7.98. The molecule has 1 aromatic carbocycles. The Bertz CT molecular complexity index is 427. The van der Waals surface area contributed by atoms with E-state index in [1.54, 1.807) is 11.8 Å². The quantitative estimate of drug-likeness (QED) is 0.844. The van der Waals surface area contributed by atoms with E-state index in [1.165, 1.54) is 0 Å². The van der Waals surface area contributed by atoms with Gasteiger partial charge in [0.15, 0.2) is 0 Å². The van der Waals surface area contributed by atoms with Crippen molar-refractivity contribution in [3.05, 3.63) is 29.8 Å². The van der Waals surface area contributed by atoms with Gasteiger partial charge >= 0.3 is 0 Å². The Morgan fingerprint density at radius 2 is 2.00 bits per heavy atom. The molecule has 5 heteroatoms. The topological polar surface area (TPSA) is 49.8 Å². The third kappa shape index (κ3) is 3.98. The fraction of sp³-hybridized carbons (Fsp3) is 0.533. The number of amides is 1. The molecule has 0 saturated carbocycles. The lowest BCUT2D eigenvalue weighted by molar-refractivity contribution is -0.00554. The van der Waals surface area contributed by atoms with Crippen LogP contribution in [0.25, 0.3) is 0 Å². The van der Waals surface area contributed by atoms with Crippen molar-refractivity contribution in [3.8, 4) is 0 Å². The largest absolute Gasteiger partial charge is 0.394 e. The molecule has 0 spiro atoms. The van der Waals surface area contributed by atoms with Crippen molar-refractivity contribution < 1.29 is 14.6 Å². The third-order valence-corrected chi connectivity index (χ3v) is 4.25. The van der Waals surface area contributed by atoms with Crippen LogP contribution in [0, 0.1) is 0 Å². The molecule has 4 nitrogen and oxygen atoms in total. The molecule has 0 bridgehead atoms. The summed E-state index contributed by atoms with van der Waals surface area (Å²) in [6.45, 7) is 1.88. The summed E-state index contributed by atoms with van der Waals surface area (Å²) in [6.07, 6.45) is 3.88. The Balaban J connectivity index is 1.87. The van der Waals surface area contributed by atoms with Crippen LogP contribution in [0.4, 0.5) is 0 Å². The first-order valence-corrected chi connectivity index (χ1v) is 8.13. The molecule has 20 heavy (non-hydrogen) atoms. The van der Waals surface area contributed by atoms with E-state index in [1.807, 2.05) is 35.4 Å². The van der Waals surface area contributed by atoms with Gasteiger partial charge in [-0.25, -0.2) is 0 Å². The summed E-state index contributed by atoms with van der Waals surface area (Å²) in [4.78, 5) is 15.4. The summed E-state index contributed by atoms with van der Waals surface area (Å²) in [5.74, 6) is 0.0956. The molecule has 1 heterocycles. The summed E-state index contributed by atoms with van der Waals surface area (Å²) in [7, 11) is 0. The lowest BCUT2D eigenvalue weighted by Gasteiger charge is -2.32. The van der Waals surface area contributed by atoms with Gasteiger partial charge in [0.1, 0.15) is 0 Å². The first-order valence-electron chi connectivity index (χ1n) is 6.90. The van der Waals surface area contributed by atoms with E-state index in [-0.39, 0.29) is 18.6 Å². The van der Waals surface area contributed by atoms with Crippen LogP contribution in [-0.4, -0.2) is 54.6 Å². The zero-order valence-electron chi connectivity index (χ0n) is 11.7. The molecule has 2 rings (SSSR count). The Kier molecular flexibility index (Phi) is 5.88. The molecule has 0 atom stereocenters. The van der Waals surface area contributed by atoms with Gasteiger partial charge in [-0.05, 0) is 43.4 Å². The first-order chi connectivity index (χ1) is 9.74. The van der Waals surface area contributed by atoms with Crippen LogP contribution >= 0.6 is 11.8 Å². The SMILES string of the molecule is CSc1ccc(C(=O)N2CCC(OCCO)CC2)cc1. The average molecular weight is 295 g/mol. The number of aliphatic hydroxyl groups excluding tert-OH is 1. The zero-order valence-corrected chi connectivity index (χ0v) is 12.6. The first kappa shape index (κ1) is 15.4. The second-order valence-corrected chi connectivity index (χ2v) is 5.69. The van der Waals surface area contributed by atoms with Crippen LogP contribution in [0.15, 0.2) is 29.2 Å². The minimum Gasteiger partial charge on any atom is -0.394 e. The predicted octanol–water partition coefficient (Wildman–Crippen LogP) is 2.02. The maximum absolute atomic E-state index is 12.4. The predicted molar refractivity (Wildman–Crippen MR) is 80.2 cm³/mol. The maximum atomic E-state index is 12.4. The van der Waals surface area contributed by atoms with Gasteiger partial charge in [0, 0.05) is 23.5 Å². The highest BCUT2D eigenvalue weighted by atomic mass is 32.2. The second-order valence-electron chi connectivity index (χ2n) is 4.81. The molecular formula is C15H21NO3S. The highest BCUT2D eigenvalue weighted by Gasteiger charge is 2.23. The average Bonchev–Trinajstić information content (AvgIpc) is 2.53. The van der Waals surface area contributed by atoms with E-state index < -0.39 is 0 Å². The summed E-state index contributed by atoms with van der Waals surface area (Å²) < 4.78 is 5.51. The molecule has 1 aliphatic heterocycles. The molecule has 1 amide bonds. The van der Waals surface area contributed by atoms with Crippen LogP contribution in [0.3, 0.4) is 0 Å². The van der Waals surface area contributed by atoms with Crippen molar-refractivity contribution in [2.24, 2.45) is 0 Å². The zero-order chi connectivity index (χ0) is 14.4. The number of benzene rings is 1. The van der Waals surface area contributed by atoms with Gasteiger partial charge in [-0.3, -0.25) is 4.79 Å². The summed E-state index contributed by atoms with van der Waals surface area (Å²) in [6, 6.07) is 7.75. The number of piperidine rings is 1. The molecule has 1 fully saturated rings. The number of hydrogen-bond donors (Lipinski definition) is 1. The third-order valence-electron chi connectivity index (χ3n) is 3.51. The van der Waals surface area contributed by atoms with Gasteiger partial charge in [-0.1, -0.05) is 0 Å². The van der Waals surface area contributed by atoms with Crippen molar-refractivity contribution >= 4 is 17.7 Å². The molecule has 0 aromatic heterocycles. The molecule has 1 saturated heterocycles. The van der Waals surface area contributed by atoms with Gasteiger partial charge in [0.25, 0.3) is 5.91 Å². The molecule has 0 aliphatic carbocycles. The van der Waals surface area contributed by atoms with Crippen LogP contribution in [-0.2, 0) is 4.74 Å². The number of carbonyl (C=O) groups is 1. The summed E-state index contributed by atoms with van der Waals surface area (Å²) in [5.41, 5.74) is 0.748. The Hall–Kier alpha value is -1.04. The number of hydrogen-bond acceptors (Lipinski definition) is 4. The lowest BCUT2D eigenvalue weighted by atomic mass is 10.1. The van der Waals surface area contributed by atoms with E-state index in [2.05, 4.69) is 0 Å². The van der Waals surface area contributed by atoms with Gasteiger partial charge in [0.05, 0.1) is 19.3 Å². The summed E-state index contributed by atoms with van der Waals surface area (Å²) in [5, 5.41) is 8.74. The molecule has 0 unspecified atom stereocenters. The lowest BCUT2D eigenvalue weighted by Crippen LogP contribution is -2.41. The van der Waals surface area contributed by atoms with Crippen molar-refractivity contribution in [3.63, 3.8) is 0 Å². The van der Waals surface area contributed by atoms with E-state index in [0.717, 1.165) is 36.4 Å². The minimum atomic E-state index is 0.0565. The van der Waals surface area contributed by atoms with Gasteiger partial charge in [-0.15, -0.1) is 11.8 Å². The van der Waals surface area contributed by atoms with Crippen molar-refractivity contribution in [2.75, 3.05) is 32.6 Å². The second kappa shape index (κ2) is 7.67. The number of ether oxygens (including phenoxy) is 1. The van der Waals surface area contributed by atoms with Crippen molar-refractivity contribution in [2.45, 2.75) is 23.8 Å². The highest BCUT2D eigenvalue weighted by Crippen LogP contribution is 2.19. The maximum Gasteiger partial charge on any atom is 0.253 e. The van der Waals surface area contributed by atoms with Gasteiger partial charge in [0.2, 0.25) is 0 Å². The van der Waals surface area contributed by atoms with Gasteiger partial charge < -0.3 is 14.7 Å². The Morgan fingerprint density at radius 3 is 2.55 bits per heavy atom. The summed E-state index contributed by atoms with van der Waals surface area (Å²) >= 11 is 1.67. The van der Waals surface area contributed by atoms with Crippen molar-refractivity contribution in [1.82, 2.24) is 4.90 Å². The molecular weight excluding hydrogens is 274 g/mol. The van der Waals surface area contributed by atoms with E-state index in [0.29, 0.717) is 6.61 Å². The fourth-order valence-corrected chi connectivity index (χ4v) is 2.77. The van der Waals surface area contributed by atoms with E-state index in [9.17, 15) is 4.79 Å². The molecule has 110 valence electrons. The van der Waals surface area contributed by atoms with Gasteiger partial charge in [-0.2, -0.15) is 0 Å². The minimum absolute atomic E-state index is 0.0565. The standard InChI is InChI=1S/C15H21NO3S/c1-20-14-4-2-12(3-5-14)15(18)16-8-6-13(7-9-16)19-11-10-17/h2-5,13,17H,6-11H2,1H3. The van der Waals surface area contributed by atoms with Crippen LogP contribution in [0.2, 0.25) is 0 Å². The number of nitrogens with zero attached hydrogens (tertiary/aromatic N) is 1. The van der Waals surface area contributed by atoms with E-state index in [4.69, 9.17) is 9.84 Å².